The van der Waals surface area contributed by atoms with Gasteiger partial charge >= 0.3 is 0 Å². The number of thiophene rings is 1. The first-order valence-corrected chi connectivity index (χ1v) is 9.18. The van der Waals surface area contributed by atoms with E-state index in [9.17, 15) is 4.21 Å². The molecular weight excluding hydrogens is 262 g/mol. The van der Waals surface area contributed by atoms with E-state index < -0.39 is 10.8 Å². The van der Waals surface area contributed by atoms with Crippen LogP contribution in [0.5, 0.6) is 0 Å². The summed E-state index contributed by atoms with van der Waals surface area (Å²) in [6.45, 7) is 5.07. The van der Waals surface area contributed by atoms with Crippen LogP contribution in [0.25, 0.3) is 0 Å². The molecule has 1 aliphatic rings. The Kier molecular flexibility index (Phi) is 4.98. The zero-order valence-electron chi connectivity index (χ0n) is 11.5. The maximum Gasteiger partial charge on any atom is 0.0441 e. The van der Waals surface area contributed by atoms with E-state index in [0.29, 0.717) is 6.04 Å². The molecule has 1 N–H and O–H groups in total. The zero-order chi connectivity index (χ0) is 13.1. The molecule has 1 aromatic heterocycles. The van der Waals surface area contributed by atoms with Gasteiger partial charge in [-0.15, -0.1) is 11.3 Å². The summed E-state index contributed by atoms with van der Waals surface area (Å²) < 4.78 is 11.3. The fourth-order valence-electron chi connectivity index (χ4n) is 2.29. The van der Waals surface area contributed by atoms with Gasteiger partial charge in [0.15, 0.2) is 0 Å². The number of hydrogen-bond donors (Lipinski definition) is 1. The summed E-state index contributed by atoms with van der Waals surface area (Å²) in [6, 6.07) is 2.76. The van der Waals surface area contributed by atoms with Crippen LogP contribution in [0, 0.1) is 0 Å². The van der Waals surface area contributed by atoms with Crippen molar-refractivity contribution in [1.82, 2.24) is 5.32 Å². The van der Waals surface area contributed by atoms with E-state index in [1.807, 2.05) is 18.3 Å². The van der Waals surface area contributed by atoms with Crippen LogP contribution in [0.1, 0.15) is 48.0 Å². The number of nitrogens with one attached hydrogen (secondary N) is 1. The lowest BCUT2D eigenvalue weighted by Gasteiger charge is -2.15. The number of rotatable bonds is 5. The van der Waals surface area contributed by atoms with Crippen LogP contribution in [0.15, 0.2) is 6.07 Å². The lowest BCUT2D eigenvalue weighted by Crippen LogP contribution is -2.29. The van der Waals surface area contributed by atoms with E-state index in [0.717, 1.165) is 6.54 Å². The Balaban J connectivity index is 1.94. The van der Waals surface area contributed by atoms with Crippen LogP contribution in [-0.4, -0.2) is 22.3 Å². The van der Waals surface area contributed by atoms with Gasteiger partial charge in [-0.3, -0.25) is 4.21 Å². The van der Waals surface area contributed by atoms with Gasteiger partial charge in [0, 0.05) is 44.6 Å². The molecule has 0 bridgehead atoms. The Morgan fingerprint density at radius 2 is 2.11 bits per heavy atom. The maximum atomic E-state index is 11.3. The molecule has 3 unspecified atom stereocenters. The smallest absolute Gasteiger partial charge is 0.0441 e. The number of fused-ring (bicyclic) bond motifs is 1. The van der Waals surface area contributed by atoms with Gasteiger partial charge in [-0.2, -0.15) is 0 Å². The quantitative estimate of drug-likeness (QED) is 0.901. The third-order valence-electron chi connectivity index (χ3n) is 3.72. The van der Waals surface area contributed by atoms with Crippen LogP contribution in [-0.2, 0) is 23.6 Å². The Morgan fingerprint density at radius 3 is 2.78 bits per heavy atom. The van der Waals surface area contributed by atoms with Gasteiger partial charge in [-0.25, -0.2) is 0 Å². The molecule has 0 saturated heterocycles. The van der Waals surface area contributed by atoms with Crippen molar-refractivity contribution in [2.24, 2.45) is 0 Å². The molecule has 0 amide bonds. The molecule has 0 spiro atoms. The second kappa shape index (κ2) is 6.31. The molecule has 2 nitrogen and oxygen atoms in total. The van der Waals surface area contributed by atoms with Gasteiger partial charge in [-0.05, 0) is 51.2 Å². The van der Waals surface area contributed by atoms with Crippen molar-refractivity contribution in [1.29, 1.82) is 0 Å². The highest BCUT2D eigenvalue weighted by atomic mass is 32.2. The minimum atomic E-state index is -0.735. The van der Waals surface area contributed by atoms with Crippen LogP contribution in [0.3, 0.4) is 0 Å². The minimum absolute atomic E-state index is 0.224. The Labute approximate surface area is 117 Å². The van der Waals surface area contributed by atoms with Crippen LogP contribution in [0.4, 0.5) is 0 Å². The first-order valence-electron chi connectivity index (χ1n) is 6.75. The van der Waals surface area contributed by atoms with Crippen molar-refractivity contribution in [3.8, 4) is 0 Å². The molecule has 0 saturated carbocycles. The van der Waals surface area contributed by atoms with Crippen LogP contribution >= 0.6 is 11.3 Å². The van der Waals surface area contributed by atoms with Crippen LogP contribution < -0.4 is 5.32 Å². The molecule has 0 aliphatic heterocycles. The molecule has 2 rings (SSSR count). The van der Waals surface area contributed by atoms with Crippen molar-refractivity contribution in [2.75, 3.05) is 12.8 Å². The topological polar surface area (TPSA) is 29.1 Å². The number of hydrogen-bond acceptors (Lipinski definition) is 3. The average molecular weight is 285 g/mol. The standard InChI is InChI=1S/C14H23NOS2/c1-10(18(3)16)9-15-11(2)14-8-12-6-4-5-7-13(12)17-14/h8,10-11,15H,4-7,9H2,1-3H3. The van der Waals surface area contributed by atoms with Crippen LogP contribution in [0.2, 0.25) is 0 Å². The monoisotopic (exact) mass is 285 g/mol. The van der Waals surface area contributed by atoms with Gasteiger partial charge in [0.05, 0.1) is 0 Å². The van der Waals surface area contributed by atoms with E-state index in [-0.39, 0.29) is 5.25 Å². The average Bonchev–Trinajstić information content (AvgIpc) is 2.79. The molecule has 0 fully saturated rings. The highest BCUT2D eigenvalue weighted by Gasteiger charge is 2.17. The number of aryl methyl sites for hydroxylation is 2. The lowest BCUT2D eigenvalue weighted by molar-refractivity contribution is 0.575. The summed E-state index contributed by atoms with van der Waals surface area (Å²) in [4.78, 5) is 3.04. The second-order valence-electron chi connectivity index (χ2n) is 5.24. The summed E-state index contributed by atoms with van der Waals surface area (Å²) in [7, 11) is -0.735. The van der Waals surface area contributed by atoms with Crippen molar-refractivity contribution >= 4 is 22.1 Å². The third-order valence-corrected chi connectivity index (χ3v) is 6.44. The molecule has 3 atom stereocenters. The lowest BCUT2D eigenvalue weighted by atomic mass is 9.99. The fourth-order valence-corrected chi connectivity index (χ4v) is 3.90. The van der Waals surface area contributed by atoms with Gasteiger partial charge in [0.1, 0.15) is 0 Å². The molecule has 1 heterocycles. The van der Waals surface area contributed by atoms with Gasteiger partial charge in [-0.1, -0.05) is 0 Å². The first-order chi connectivity index (χ1) is 8.58. The second-order valence-corrected chi connectivity index (χ2v) is 8.21. The molecule has 102 valence electrons. The molecule has 18 heavy (non-hydrogen) atoms. The van der Waals surface area contributed by atoms with E-state index in [4.69, 9.17) is 0 Å². The summed E-state index contributed by atoms with van der Waals surface area (Å²) in [5.74, 6) is 0. The summed E-state index contributed by atoms with van der Waals surface area (Å²) in [6.07, 6.45) is 6.99. The van der Waals surface area contributed by atoms with Gasteiger partial charge in [0.25, 0.3) is 0 Å². The van der Waals surface area contributed by atoms with Crippen molar-refractivity contribution in [3.63, 3.8) is 0 Å². The van der Waals surface area contributed by atoms with E-state index >= 15 is 0 Å². The molecule has 0 radical (unpaired) electrons. The third kappa shape index (κ3) is 3.43. The minimum Gasteiger partial charge on any atom is -0.308 e. The van der Waals surface area contributed by atoms with Crippen molar-refractivity contribution < 1.29 is 4.21 Å². The largest absolute Gasteiger partial charge is 0.308 e. The highest BCUT2D eigenvalue weighted by Crippen LogP contribution is 2.32. The SMILES string of the molecule is CC(NCC(C)S(C)=O)c1cc2c(s1)CCCC2. The Hall–Kier alpha value is -0.190. The zero-order valence-corrected chi connectivity index (χ0v) is 13.1. The van der Waals surface area contributed by atoms with E-state index in [1.54, 1.807) is 16.7 Å². The molecule has 1 aliphatic carbocycles. The normalized spacial score (nSPS) is 20.2. The first kappa shape index (κ1) is 14.2. The van der Waals surface area contributed by atoms with E-state index in [2.05, 4.69) is 18.3 Å². The highest BCUT2D eigenvalue weighted by molar-refractivity contribution is 7.84. The molecule has 1 aromatic rings. The fraction of sp³-hybridized carbons (Fsp3) is 0.714. The van der Waals surface area contributed by atoms with Crippen molar-refractivity contribution in [3.05, 3.63) is 21.4 Å². The molecular formula is C14H23NOS2. The summed E-state index contributed by atoms with van der Waals surface area (Å²) in [5, 5.41) is 3.73. The maximum absolute atomic E-state index is 11.3. The Morgan fingerprint density at radius 1 is 1.39 bits per heavy atom. The Bertz CT molecular complexity index is 404. The van der Waals surface area contributed by atoms with Gasteiger partial charge < -0.3 is 5.32 Å². The predicted molar refractivity (Wildman–Crippen MR) is 80.9 cm³/mol. The van der Waals surface area contributed by atoms with Gasteiger partial charge in [0.2, 0.25) is 0 Å². The van der Waals surface area contributed by atoms with E-state index in [1.165, 1.54) is 30.6 Å². The summed E-state index contributed by atoms with van der Waals surface area (Å²) in [5.41, 5.74) is 1.57. The summed E-state index contributed by atoms with van der Waals surface area (Å²) >= 11 is 1.97. The van der Waals surface area contributed by atoms with Crippen molar-refractivity contribution in [2.45, 2.75) is 50.8 Å². The molecule has 0 aromatic carbocycles. The predicted octanol–water partition coefficient (Wildman–Crippen LogP) is 3.04. The molecule has 4 heteroatoms.